The number of carbonyl (C=O) groups is 1. The van der Waals surface area contributed by atoms with Gasteiger partial charge in [-0.2, -0.15) is 0 Å². The SMILES string of the molecule is O=C(O)C1(F)CN(c2ncnc3[nH]c4cc(F)ccc4c23)CC1C1CC1. The number of nitrogens with one attached hydrogen (secondary N) is 1. The molecule has 1 saturated carbocycles. The van der Waals surface area contributed by atoms with Crippen molar-refractivity contribution in [2.45, 2.75) is 18.5 Å². The van der Waals surface area contributed by atoms with Crippen molar-refractivity contribution in [3.8, 4) is 0 Å². The van der Waals surface area contributed by atoms with Crippen LogP contribution in [0.15, 0.2) is 24.5 Å². The van der Waals surface area contributed by atoms with Crippen LogP contribution in [0, 0.1) is 17.7 Å². The lowest BCUT2D eigenvalue weighted by Gasteiger charge is -2.20. The van der Waals surface area contributed by atoms with Crippen LogP contribution in [-0.2, 0) is 4.79 Å². The van der Waals surface area contributed by atoms with Gasteiger partial charge < -0.3 is 15.0 Å². The molecule has 2 aromatic heterocycles. The average molecular weight is 358 g/mol. The van der Waals surface area contributed by atoms with Crippen molar-refractivity contribution in [2.75, 3.05) is 18.0 Å². The van der Waals surface area contributed by atoms with E-state index in [9.17, 15) is 14.3 Å². The number of aromatic amines is 1. The molecule has 2 fully saturated rings. The van der Waals surface area contributed by atoms with E-state index in [2.05, 4.69) is 15.0 Å². The number of nitrogens with zero attached hydrogens (tertiary/aromatic N) is 3. The number of anilines is 1. The Kier molecular flexibility index (Phi) is 3.05. The number of halogens is 2. The van der Waals surface area contributed by atoms with Crippen LogP contribution < -0.4 is 4.90 Å². The highest BCUT2D eigenvalue weighted by Gasteiger charge is 2.58. The molecule has 6 nitrogen and oxygen atoms in total. The number of carboxylic acid groups (broad SMARTS) is 1. The third kappa shape index (κ3) is 2.11. The molecule has 5 rings (SSSR count). The Morgan fingerprint density at radius 1 is 1.35 bits per heavy atom. The number of hydrogen-bond acceptors (Lipinski definition) is 4. The maximum Gasteiger partial charge on any atom is 0.343 e. The van der Waals surface area contributed by atoms with Crippen molar-refractivity contribution in [3.05, 3.63) is 30.3 Å². The normalized spacial score (nSPS) is 26.1. The molecule has 1 aromatic carbocycles. The molecule has 134 valence electrons. The molecule has 0 radical (unpaired) electrons. The average Bonchev–Trinajstić information content (AvgIpc) is 3.28. The largest absolute Gasteiger partial charge is 0.479 e. The highest BCUT2D eigenvalue weighted by atomic mass is 19.1. The number of H-pyrrole nitrogens is 1. The third-order valence-electron chi connectivity index (χ3n) is 5.60. The first-order valence-corrected chi connectivity index (χ1v) is 8.56. The zero-order valence-corrected chi connectivity index (χ0v) is 13.7. The van der Waals surface area contributed by atoms with Gasteiger partial charge in [-0.15, -0.1) is 0 Å². The molecule has 2 atom stereocenters. The van der Waals surface area contributed by atoms with Gasteiger partial charge in [-0.25, -0.2) is 23.5 Å². The molecular weight excluding hydrogens is 342 g/mol. The summed E-state index contributed by atoms with van der Waals surface area (Å²) in [6, 6.07) is 4.35. The minimum Gasteiger partial charge on any atom is -0.479 e. The number of aliphatic carboxylic acids is 1. The third-order valence-corrected chi connectivity index (χ3v) is 5.60. The van der Waals surface area contributed by atoms with Crippen LogP contribution in [0.1, 0.15) is 12.8 Å². The lowest BCUT2D eigenvalue weighted by molar-refractivity contribution is -0.152. The van der Waals surface area contributed by atoms with Crippen LogP contribution in [0.4, 0.5) is 14.6 Å². The summed E-state index contributed by atoms with van der Waals surface area (Å²) in [4.78, 5) is 24.9. The van der Waals surface area contributed by atoms with E-state index in [0.29, 0.717) is 28.9 Å². The predicted octanol–water partition coefficient (Wildman–Crippen LogP) is 2.89. The molecule has 1 aliphatic heterocycles. The van der Waals surface area contributed by atoms with Gasteiger partial charge in [0.25, 0.3) is 0 Å². The van der Waals surface area contributed by atoms with Crippen molar-refractivity contribution in [1.82, 2.24) is 15.0 Å². The summed E-state index contributed by atoms with van der Waals surface area (Å²) in [5, 5.41) is 10.9. The molecule has 1 saturated heterocycles. The lowest BCUT2D eigenvalue weighted by Crippen LogP contribution is -2.42. The summed E-state index contributed by atoms with van der Waals surface area (Å²) < 4.78 is 28.8. The first-order chi connectivity index (χ1) is 12.5. The molecular formula is C18H16F2N4O2. The Hall–Kier alpha value is -2.77. The zero-order chi connectivity index (χ0) is 18.1. The Morgan fingerprint density at radius 2 is 2.15 bits per heavy atom. The Bertz CT molecular complexity index is 1050. The van der Waals surface area contributed by atoms with Gasteiger partial charge in [0, 0.05) is 17.8 Å². The van der Waals surface area contributed by atoms with Crippen molar-refractivity contribution in [1.29, 1.82) is 0 Å². The summed E-state index contributed by atoms with van der Waals surface area (Å²) >= 11 is 0. The summed E-state index contributed by atoms with van der Waals surface area (Å²) in [6.07, 6.45) is 3.08. The lowest BCUT2D eigenvalue weighted by atomic mass is 9.89. The van der Waals surface area contributed by atoms with Gasteiger partial charge in [-0.3, -0.25) is 0 Å². The summed E-state index contributed by atoms with van der Waals surface area (Å²) in [5.74, 6) is -1.74. The second-order valence-corrected chi connectivity index (χ2v) is 7.23. The second kappa shape index (κ2) is 5.12. The Balaban J connectivity index is 1.65. The number of benzene rings is 1. The molecule has 3 aromatic rings. The zero-order valence-electron chi connectivity index (χ0n) is 13.7. The number of hydrogen-bond donors (Lipinski definition) is 2. The summed E-state index contributed by atoms with van der Waals surface area (Å²) in [6.45, 7) is 0.0525. The molecule has 3 heterocycles. The van der Waals surface area contributed by atoms with Crippen LogP contribution in [0.5, 0.6) is 0 Å². The van der Waals surface area contributed by atoms with E-state index in [1.54, 1.807) is 11.0 Å². The van der Waals surface area contributed by atoms with Gasteiger partial charge in [0.15, 0.2) is 0 Å². The fraction of sp³-hybridized carbons (Fsp3) is 0.389. The molecule has 2 N–H and O–H groups in total. The van der Waals surface area contributed by atoms with Crippen LogP contribution in [-0.4, -0.2) is 44.8 Å². The van der Waals surface area contributed by atoms with Crippen molar-refractivity contribution >= 4 is 33.7 Å². The maximum atomic E-state index is 15.3. The van der Waals surface area contributed by atoms with Gasteiger partial charge in [0.2, 0.25) is 5.67 Å². The topological polar surface area (TPSA) is 82.1 Å². The Morgan fingerprint density at radius 3 is 2.88 bits per heavy atom. The van der Waals surface area contributed by atoms with Gasteiger partial charge in [0.1, 0.15) is 23.6 Å². The predicted molar refractivity (Wildman–Crippen MR) is 91.3 cm³/mol. The molecule has 1 aliphatic carbocycles. The fourth-order valence-electron chi connectivity index (χ4n) is 4.17. The number of aromatic nitrogens is 3. The first-order valence-electron chi connectivity index (χ1n) is 8.56. The van der Waals surface area contributed by atoms with Crippen LogP contribution in [0.3, 0.4) is 0 Å². The first kappa shape index (κ1) is 15.5. The van der Waals surface area contributed by atoms with Crippen LogP contribution >= 0.6 is 0 Å². The monoisotopic (exact) mass is 358 g/mol. The smallest absolute Gasteiger partial charge is 0.343 e. The van der Waals surface area contributed by atoms with E-state index in [0.717, 1.165) is 18.2 Å². The van der Waals surface area contributed by atoms with Gasteiger partial charge >= 0.3 is 5.97 Å². The summed E-state index contributed by atoms with van der Waals surface area (Å²) in [5.41, 5.74) is -1.19. The highest BCUT2D eigenvalue weighted by Crippen LogP contribution is 2.49. The number of alkyl halides is 1. The van der Waals surface area contributed by atoms with Crippen molar-refractivity contribution in [3.63, 3.8) is 0 Å². The van der Waals surface area contributed by atoms with Crippen LogP contribution in [0.2, 0.25) is 0 Å². The van der Waals surface area contributed by atoms with Gasteiger partial charge in [-0.05, 0) is 37.0 Å². The van der Waals surface area contributed by atoms with E-state index in [-0.39, 0.29) is 18.3 Å². The standard InChI is InChI=1S/C18H16F2N4O2/c19-10-3-4-11-13(5-10)23-15-14(11)16(22-8-21-15)24-6-12(9-1-2-9)18(20,7-24)17(25)26/h3-5,8-9,12H,1-2,6-7H2,(H,25,26)(H,21,22,23). The maximum absolute atomic E-state index is 15.3. The summed E-state index contributed by atoms with van der Waals surface area (Å²) in [7, 11) is 0. The molecule has 8 heteroatoms. The molecule has 0 bridgehead atoms. The van der Waals surface area contributed by atoms with E-state index in [1.807, 2.05) is 0 Å². The van der Waals surface area contributed by atoms with E-state index < -0.39 is 17.6 Å². The Labute approximate surface area is 146 Å². The van der Waals surface area contributed by atoms with Crippen molar-refractivity contribution < 1.29 is 18.7 Å². The second-order valence-electron chi connectivity index (χ2n) is 7.23. The van der Waals surface area contributed by atoms with E-state index in [4.69, 9.17) is 0 Å². The van der Waals surface area contributed by atoms with Gasteiger partial charge in [0.05, 0.1) is 17.4 Å². The van der Waals surface area contributed by atoms with E-state index >= 15 is 4.39 Å². The number of rotatable bonds is 3. The minimum absolute atomic E-state index is 0.107. The quantitative estimate of drug-likeness (QED) is 0.752. The van der Waals surface area contributed by atoms with Crippen molar-refractivity contribution in [2.24, 2.45) is 11.8 Å². The van der Waals surface area contributed by atoms with Gasteiger partial charge in [-0.1, -0.05) is 0 Å². The molecule has 26 heavy (non-hydrogen) atoms. The van der Waals surface area contributed by atoms with Crippen LogP contribution in [0.25, 0.3) is 21.9 Å². The van der Waals surface area contributed by atoms with E-state index in [1.165, 1.54) is 18.5 Å². The molecule has 0 amide bonds. The molecule has 2 aliphatic rings. The number of fused-ring (bicyclic) bond motifs is 3. The molecule has 2 unspecified atom stereocenters. The minimum atomic E-state index is -2.28. The molecule has 0 spiro atoms. The highest BCUT2D eigenvalue weighted by molar-refractivity contribution is 6.11. The number of carboxylic acids is 1. The fourth-order valence-corrected chi connectivity index (χ4v) is 4.17.